The van der Waals surface area contributed by atoms with Gasteiger partial charge in [0.25, 0.3) is 0 Å². The molecule has 1 aromatic carbocycles. The summed E-state index contributed by atoms with van der Waals surface area (Å²) < 4.78 is 5.93. The molecule has 3 heterocycles. The van der Waals surface area contributed by atoms with Crippen LogP contribution < -0.4 is 4.90 Å². The van der Waals surface area contributed by atoms with Gasteiger partial charge < -0.3 is 9.64 Å². The zero-order valence-corrected chi connectivity index (χ0v) is 17.7. The number of aromatic amines is 1. The summed E-state index contributed by atoms with van der Waals surface area (Å²) in [4.78, 5) is 4.96. The van der Waals surface area contributed by atoms with Gasteiger partial charge >= 0.3 is 0 Å². The molecule has 2 aromatic rings. The molecule has 0 radical (unpaired) electrons. The van der Waals surface area contributed by atoms with E-state index in [1.807, 2.05) is 6.07 Å². The van der Waals surface area contributed by atoms with Gasteiger partial charge in [-0.25, -0.2) is 0 Å². The molecule has 1 atom stereocenters. The number of rotatable bonds is 6. The van der Waals surface area contributed by atoms with E-state index in [9.17, 15) is 0 Å². The Bertz CT molecular complexity index is 911. The van der Waals surface area contributed by atoms with E-state index in [-0.39, 0.29) is 0 Å². The summed E-state index contributed by atoms with van der Waals surface area (Å²) in [7, 11) is 0. The summed E-state index contributed by atoms with van der Waals surface area (Å²) in [6.45, 7) is 6.14. The Morgan fingerprint density at radius 2 is 1.93 bits per heavy atom. The van der Waals surface area contributed by atoms with Gasteiger partial charge in [-0.3, -0.25) is 10.00 Å². The number of ether oxygens (including phenoxy) is 1. The van der Waals surface area contributed by atoms with Crippen molar-refractivity contribution < 1.29 is 4.74 Å². The number of nitrogens with zero attached hydrogens (tertiary/aromatic N) is 5. The molecule has 1 saturated heterocycles. The molecule has 1 N–H and O–H groups in total. The fraction of sp³-hybridized carbons (Fsp3) is 0.609. The molecular weight excluding hydrogens is 376 g/mol. The topological polar surface area (TPSA) is 69.1 Å². The van der Waals surface area contributed by atoms with Crippen LogP contribution in [0, 0.1) is 5.92 Å². The zero-order valence-electron chi connectivity index (χ0n) is 17.7. The highest BCUT2D eigenvalue weighted by Gasteiger charge is 2.26. The number of hydrogen-bond acceptors (Lipinski definition) is 6. The Morgan fingerprint density at radius 3 is 2.87 bits per heavy atom. The third-order valence-electron chi connectivity index (χ3n) is 6.68. The Hall–Kier alpha value is -2.41. The minimum Gasteiger partial charge on any atom is -0.480 e. The van der Waals surface area contributed by atoms with Gasteiger partial charge in [0.05, 0.1) is 12.1 Å². The predicted molar refractivity (Wildman–Crippen MR) is 121 cm³/mol. The van der Waals surface area contributed by atoms with Gasteiger partial charge in [0.1, 0.15) is 0 Å². The molecule has 2 fully saturated rings. The number of fused-ring (bicyclic) bond motifs is 2. The van der Waals surface area contributed by atoms with Crippen molar-refractivity contribution in [2.24, 2.45) is 16.1 Å². The maximum absolute atomic E-state index is 5.93. The highest BCUT2D eigenvalue weighted by Crippen LogP contribution is 2.28. The maximum atomic E-state index is 5.93. The quantitative estimate of drug-likeness (QED) is 0.738. The molecule has 1 saturated carbocycles. The van der Waals surface area contributed by atoms with Crippen molar-refractivity contribution in [1.82, 2.24) is 15.1 Å². The molecule has 5 rings (SSSR count). The van der Waals surface area contributed by atoms with Gasteiger partial charge in [-0.05, 0) is 50.8 Å². The van der Waals surface area contributed by atoms with Crippen LogP contribution in [-0.2, 0) is 4.74 Å². The van der Waals surface area contributed by atoms with Crippen molar-refractivity contribution in [3.63, 3.8) is 0 Å². The summed E-state index contributed by atoms with van der Waals surface area (Å²) in [6, 6.07) is 8.37. The number of H-pyrrole nitrogens is 1. The molecule has 160 valence electrons. The van der Waals surface area contributed by atoms with E-state index in [2.05, 4.69) is 48.4 Å². The maximum Gasteiger partial charge on any atom is 0.209 e. The van der Waals surface area contributed by atoms with Crippen molar-refractivity contribution >= 4 is 28.3 Å². The lowest BCUT2D eigenvalue weighted by Crippen LogP contribution is -2.46. The number of anilines is 1. The van der Waals surface area contributed by atoms with Crippen LogP contribution in [0.5, 0.6) is 0 Å². The molecule has 30 heavy (non-hydrogen) atoms. The molecular formula is C23H32N6O. The molecule has 3 aliphatic rings. The van der Waals surface area contributed by atoms with Gasteiger partial charge in [-0.2, -0.15) is 10.2 Å². The second-order valence-corrected chi connectivity index (χ2v) is 8.71. The molecule has 1 aliphatic carbocycles. The van der Waals surface area contributed by atoms with Crippen LogP contribution in [0.15, 0.2) is 34.5 Å². The monoisotopic (exact) mass is 408 g/mol. The average molecular weight is 409 g/mol. The lowest BCUT2D eigenvalue weighted by molar-refractivity contribution is 0.232. The highest BCUT2D eigenvalue weighted by molar-refractivity contribution is 5.94. The molecule has 1 aromatic heterocycles. The van der Waals surface area contributed by atoms with Crippen molar-refractivity contribution in [2.75, 3.05) is 44.2 Å². The first kappa shape index (κ1) is 19.5. The van der Waals surface area contributed by atoms with E-state index >= 15 is 0 Å². The van der Waals surface area contributed by atoms with E-state index in [0.717, 1.165) is 82.2 Å². The number of piperazine rings is 1. The van der Waals surface area contributed by atoms with E-state index < -0.39 is 0 Å². The minimum absolute atomic E-state index is 0.592. The van der Waals surface area contributed by atoms with Crippen molar-refractivity contribution in [3.8, 4) is 0 Å². The molecule has 1 unspecified atom stereocenters. The summed E-state index contributed by atoms with van der Waals surface area (Å²) >= 11 is 0. The third-order valence-corrected chi connectivity index (χ3v) is 6.68. The fourth-order valence-electron chi connectivity index (χ4n) is 4.88. The van der Waals surface area contributed by atoms with Crippen LogP contribution in [0.2, 0.25) is 0 Å². The van der Waals surface area contributed by atoms with Crippen molar-refractivity contribution in [1.29, 1.82) is 0 Å². The molecule has 7 heteroatoms. The standard InChI is InChI=1S/C23H32N6O/c1-3-9-20-18(7-1)17-22(26-24-20)30-16-6-5-11-28-12-14-29(15-13-28)23-19-8-2-4-10-21(19)25-27-23/h2,4,8,10,18H,1,3,5-7,9,11-17H2,(H,25,27). The Kier molecular flexibility index (Phi) is 5.97. The Morgan fingerprint density at radius 1 is 1.03 bits per heavy atom. The number of nitrogens with one attached hydrogen (secondary N) is 1. The molecule has 7 nitrogen and oxygen atoms in total. The molecule has 0 amide bonds. The first-order chi connectivity index (χ1) is 14.9. The minimum atomic E-state index is 0.592. The average Bonchev–Trinajstić information content (AvgIpc) is 3.23. The summed E-state index contributed by atoms with van der Waals surface area (Å²) in [5, 5.41) is 17.6. The second-order valence-electron chi connectivity index (χ2n) is 8.71. The number of para-hydroxylation sites is 1. The van der Waals surface area contributed by atoms with Crippen LogP contribution >= 0.6 is 0 Å². The molecule has 0 spiro atoms. The van der Waals surface area contributed by atoms with Crippen LogP contribution in [-0.4, -0.2) is 66.0 Å². The van der Waals surface area contributed by atoms with Gasteiger partial charge in [0.2, 0.25) is 5.90 Å². The molecule has 0 bridgehead atoms. The van der Waals surface area contributed by atoms with Crippen LogP contribution in [0.4, 0.5) is 5.82 Å². The van der Waals surface area contributed by atoms with Gasteiger partial charge in [0, 0.05) is 49.6 Å². The summed E-state index contributed by atoms with van der Waals surface area (Å²) in [6.07, 6.45) is 8.17. The van der Waals surface area contributed by atoms with Crippen molar-refractivity contribution in [2.45, 2.75) is 44.9 Å². The van der Waals surface area contributed by atoms with E-state index in [0.29, 0.717) is 5.92 Å². The Labute approximate surface area is 178 Å². The first-order valence-electron chi connectivity index (χ1n) is 11.5. The van der Waals surface area contributed by atoms with E-state index in [1.54, 1.807) is 0 Å². The Balaban J connectivity index is 1.01. The second kappa shape index (κ2) is 9.16. The predicted octanol–water partition coefficient (Wildman–Crippen LogP) is 3.83. The zero-order chi connectivity index (χ0) is 20.2. The fourth-order valence-corrected chi connectivity index (χ4v) is 4.88. The van der Waals surface area contributed by atoms with Crippen molar-refractivity contribution in [3.05, 3.63) is 24.3 Å². The third kappa shape index (κ3) is 4.36. The van der Waals surface area contributed by atoms with Crippen LogP contribution in [0.3, 0.4) is 0 Å². The number of hydrogen-bond donors (Lipinski definition) is 1. The normalized spacial score (nSPS) is 22.5. The van der Waals surface area contributed by atoms with Gasteiger partial charge in [-0.15, -0.1) is 5.10 Å². The summed E-state index contributed by atoms with van der Waals surface area (Å²) in [5.41, 5.74) is 2.42. The SMILES string of the molecule is c1ccc2c(N3CCN(CCCCOC4=NN=C5CCCCC5C4)CC3)n[nH]c2c1. The highest BCUT2D eigenvalue weighted by atomic mass is 16.5. The lowest BCUT2D eigenvalue weighted by Gasteiger charge is -2.35. The number of aromatic nitrogens is 2. The molecule has 2 aliphatic heterocycles. The van der Waals surface area contributed by atoms with Crippen LogP contribution in [0.25, 0.3) is 10.9 Å². The number of benzene rings is 1. The first-order valence-corrected chi connectivity index (χ1v) is 11.5. The van der Waals surface area contributed by atoms with Gasteiger partial charge in [0.15, 0.2) is 5.82 Å². The van der Waals surface area contributed by atoms with E-state index in [4.69, 9.17) is 4.74 Å². The smallest absolute Gasteiger partial charge is 0.209 e. The van der Waals surface area contributed by atoms with Gasteiger partial charge in [-0.1, -0.05) is 18.6 Å². The van der Waals surface area contributed by atoms with Crippen LogP contribution in [0.1, 0.15) is 44.9 Å². The number of unbranched alkanes of at least 4 members (excludes halogenated alkanes) is 1. The van der Waals surface area contributed by atoms with E-state index in [1.165, 1.54) is 30.4 Å². The largest absolute Gasteiger partial charge is 0.480 e. The summed E-state index contributed by atoms with van der Waals surface area (Å²) in [5.74, 6) is 2.54. The lowest BCUT2D eigenvalue weighted by atomic mass is 9.84.